The number of nitrogens with zero attached hydrogens (tertiary/aromatic N) is 2. The van der Waals surface area contributed by atoms with Crippen LogP contribution in [-0.4, -0.2) is 46.9 Å². The Hall–Kier alpha value is -0.300. The van der Waals surface area contributed by atoms with E-state index in [-0.39, 0.29) is 18.3 Å². The molecule has 1 aromatic rings. The number of thiazole rings is 1. The second kappa shape index (κ2) is 7.20. The van der Waals surface area contributed by atoms with Crippen molar-refractivity contribution in [2.75, 3.05) is 31.1 Å². The highest BCUT2D eigenvalue weighted by Crippen LogP contribution is 2.15. The molecule has 1 saturated heterocycles. The van der Waals surface area contributed by atoms with Crippen molar-refractivity contribution in [2.24, 2.45) is 5.73 Å². The summed E-state index contributed by atoms with van der Waals surface area (Å²) in [6.45, 7) is 2.27. The highest BCUT2D eigenvalue weighted by atomic mass is 35.5. The van der Waals surface area contributed by atoms with Crippen LogP contribution in [0.3, 0.4) is 0 Å². The van der Waals surface area contributed by atoms with Crippen molar-refractivity contribution in [3.8, 4) is 0 Å². The van der Waals surface area contributed by atoms with Gasteiger partial charge >= 0.3 is 0 Å². The minimum absolute atomic E-state index is 0. The largest absolute Gasteiger partial charge is 0.336 e. The van der Waals surface area contributed by atoms with Gasteiger partial charge in [-0.25, -0.2) is 4.98 Å². The van der Waals surface area contributed by atoms with Gasteiger partial charge in [0.25, 0.3) is 5.91 Å². The summed E-state index contributed by atoms with van der Waals surface area (Å²) in [6.07, 6.45) is 0.758. The molecular weight excluding hydrogens is 278 g/mol. The fraction of sp³-hybridized carbons (Fsp3) is 0.600. The van der Waals surface area contributed by atoms with Gasteiger partial charge in [-0.2, -0.15) is 11.8 Å². The molecule has 0 aliphatic carbocycles. The highest BCUT2D eigenvalue weighted by molar-refractivity contribution is 7.99. The Morgan fingerprint density at radius 2 is 2.18 bits per heavy atom. The maximum atomic E-state index is 12.0. The van der Waals surface area contributed by atoms with Crippen LogP contribution in [0.2, 0.25) is 0 Å². The smallest absolute Gasteiger partial charge is 0.273 e. The van der Waals surface area contributed by atoms with Crippen LogP contribution in [0.5, 0.6) is 0 Å². The average molecular weight is 294 g/mol. The summed E-state index contributed by atoms with van der Waals surface area (Å²) < 4.78 is 0. The van der Waals surface area contributed by atoms with Crippen molar-refractivity contribution in [3.05, 3.63) is 16.1 Å². The van der Waals surface area contributed by atoms with Gasteiger partial charge < -0.3 is 10.6 Å². The average Bonchev–Trinajstić information content (AvgIpc) is 2.78. The third-order valence-corrected chi connectivity index (χ3v) is 4.28. The van der Waals surface area contributed by atoms with Crippen molar-refractivity contribution < 1.29 is 4.79 Å². The van der Waals surface area contributed by atoms with Crippen LogP contribution in [0.15, 0.2) is 5.38 Å². The Morgan fingerprint density at radius 3 is 2.82 bits per heavy atom. The van der Waals surface area contributed by atoms with Crippen LogP contribution in [0.4, 0.5) is 0 Å². The minimum Gasteiger partial charge on any atom is -0.336 e. The summed E-state index contributed by atoms with van der Waals surface area (Å²) >= 11 is 3.42. The van der Waals surface area contributed by atoms with E-state index in [1.54, 1.807) is 0 Å². The third-order valence-electron chi connectivity index (χ3n) is 2.43. The van der Waals surface area contributed by atoms with Gasteiger partial charge in [0, 0.05) is 36.4 Å². The van der Waals surface area contributed by atoms with Crippen molar-refractivity contribution in [1.82, 2.24) is 9.88 Å². The SMILES string of the molecule is Cl.NCCc1nc(C(=O)N2CCSCC2)cs1. The molecule has 1 aliphatic rings. The van der Waals surface area contributed by atoms with E-state index in [2.05, 4.69) is 4.98 Å². The van der Waals surface area contributed by atoms with E-state index in [4.69, 9.17) is 5.73 Å². The Balaban J connectivity index is 0.00000144. The van der Waals surface area contributed by atoms with Gasteiger partial charge in [-0.3, -0.25) is 4.79 Å². The quantitative estimate of drug-likeness (QED) is 0.911. The van der Waals surface area contributed by atoms with Crippen molar-refractivity contribution >= 4 is 41.4 Å². The lowest BCUT2D eigenvalue weighted by molar-refractivity contribution is 0.0767. The lowest BCUT2D eigenvalue weighted by Gasteiger charge is -2.25. The molecule has 0 spiro atoms. The van der Waals surface area contributed by atoms with Crippen LogP contribution < -0.4 is 5.73 Å². The molecule has 0 unspecified atom stereocenters. The van der Waals surface area contributed by atoms with E-state index in [0.29, 0.717) is 12.2 Å². The normalized spacial score (nSPS) is 15.5. The van der Waals surface area contributed by atoms with Gasteiger partial charge in [-0.1, -0.05) is 0 Å². The molecule has 0 atom stereocenters. The zero-order valence-corrected chi connectivity index (χ0v) is 11.9. The predicted molar refractivity (Wildman–Crippen MR) is 75.3 cm³/mol. The lowest BCUT2D eigenvalue weighted by Crippen LogP contribution is -2.38. The minimum atomic E-state index is 0. The number of amides is 1. The molecule has 0 aromatic carbocycles. The van der Waals surface area contributed by atoms with Crippen LogP contribution in [0, 0.1) is 0 Å². The molecule has 1 amide bonds. The molecular formula is C10H16ClN3OS2. The summed E-state index contributed by atoms with van der Waals surface area (Å²) in [4.78, 5) is 18.2. The maximum absolute atomic E-state index is 12.0. The number of carbonyl (C=O) groups is 1. The summed E-state index contributed by atoms with van der Waals surface area (Å²) in [6, 6.07) is 0. The first kappa shape index (κ1) is 14.8. The molecule has 7 heteroatoms. The fourth-order valence-electron chi connectivity index (χ4n) is 1.58. The monoisotopic (exact) mass is 293 g/mol. The molecule has 1 aromatic heterocycles. The number of carbonyl (C=O) groups excluding carboxylic acids is 1. The molecule has 2 heterocycles. The number of thioether (sulfide) groups is 1. The molecule has 2 rings (SSSR count). The highest BCUT2D eigenvalue weighted by Gasteiger charge is 2.20. The number of aromatic nitrogens is 1. The summed E-state index contributed by atoms with van der Waals surface area (Å²) in [5.74, 6) is 2.14. The number of hydrogen-bond acceptors (Lipinski definition) is 5. The van der Waals surface area contributed by atoms with Gasteiger partial charge in [0.15, 0.2) is 0 Å². The van der Waals surface area contributed by atoms with Gasteiger partial charge in [-0.15, -0.1) is 23.7 Å². The summed E-state index contributed by atoms with van der Waals surface area (Å²) in [5, 5.41) is 2.80. The Morgan fingerprint density at radius 1 is 1.47 bits per heavy atom. The van der Waals surface area contributed by atoms with E-state index >= 15 is 0 Å². The summed E-state index contributed by atoms with van der Waals surface area (Å²) in [7, 11) is 0. The van der Waals surface area contributed by atoms with Crippen LogP contribution in [0.25, 0.3) is 0 Å². The molecule has 4 nitrogen and oxygen atoms in total. The molecule has 17 heavy (non-hydrogen) atoms. The molecule has 1 fully saturated rings. The van der Waals surface area contributed by atoms with Gasteiger partial charge in [-0.05, 0) is 6.54 Å². The molecule has 0 saturated carbocycles. The predicted octanol–water partition coefficient (Wildman–Crippen LogP) is 1.26. The number of rotatable bonds is 3. The first-order valence-corrected chi connectivity index (χ1v) is 7.36. The molecule has 0 radical (unpaired) electrons. The zero-order chi connectivity index (χ0) is 11.4. The second-order valence-corrected chi connectivity index (χ2v) is 5.74. The maximum Gasteiger partial charge on any atom is 0.273 e. The summed E-state index contributed by atoms with van der Waals surface area (Å²) in [5.41, 5.74) is 6.04. The fourth-order valence-corrected chi connectivity index (χ4v) is 3.27. The standard InChI is InChI=1S/C10H15N3OS2.ClH/c11-2-1-9-12-8(7-16-9)10(14)13-3-5-15-6-4-13;/h7H,1-6,11H2;1H. The first-order chi connectivity index (χ1) is 7.81. The van der Waals surface area contributed by atoms with Crippen molar-refractivity contribution in [1.29, 1.82) is 0 Å². The number of hydrogen-bond donors (Lipinski definition) is 1. The van der Waals surface area contributed by atoms with Gasteiger partial charge in [0.05, 0.1) is 5.01 Å². The zero-order valence-electron chi connectivity index (χ0n) is 9.42. The van der Waals surface area contributed by atoms with Gasteiger partial charge in [0.2, 0.25) is 0 Å². The van der Waals surface area contributed by atoms with Crippen LogP contribution in [-0.2, 0) is 6.42 Å². The van der Waals surface area contributed by atoms with Crippen molar-refractivity contribution in [2.45, 2.75) is 6.42 Å². The second-order valence-electron chi connectivity index (χ2n) is 3.57. The van der Waals surface area contributed by atoms with Crippen LogP contribution >= 0.6 is 35.5 Å². The van der Waals surface area contributed by atoms with E-state index in [1.807, 2.05) is 22.0 Å². The van der Waals surface area contributed by atoms with E-state index < -0.39 is 0 Å². The Labute approximate surface area is 115 Å². The first-order valence-electron chi connectivity index (χ1n) is 5.33. The van der Waals surface area contributed by atoms with Crippen molar-refractivity contribution in [3.63, 3.8) is 0 Å². The topological polar surface area (TPSA) is 59.2 Å². The molecule has 2 N–H and O–H groups in total. The number of halogens is 1. The lowest BCUT2D eigenvalue weighted by atomic mass is 10.3. The Kier molecular flexibility index (Phi) is 6.26. The van der Waals surface area contributed by atoms with Crippen LogP contribution in [0.1, 0.15) is 15.5 Å². The van der Waals surface area contributed by atoms with E-state index in [0.717, 1.165) is 36.0 Å². The molecule has 1 aliphatic heterocycles. The molecule has 0 bridgehead atoms. The van der Waals surface area contributed by atoms with Gasteiger partial charge in [0.1, 0.15) is 5.69 Å². The number of nitrogens with two attached hydrogens (primary N) is 1. The van der Waals surface area contributed by atoms with E-state index in [1.165, 1.54) is 11.3 Å². The Bertz CT molecular complexity index is 366. The third kappa shape index (κ3) is 3.84. The van der Waals surface area contributed by atoms with E-state index in [9.17, 15) is 4.79 Å². The molecule has 96 valence electrons.